The van der Waals surface area contributed by atoms with E-state index in [1.165, 1.54) is 24.0 Å². The van der Waals surface area contributed by atoms with Crippen molar-refractivity contribution in [3.05, 3.63) is 64.2 Å². The van der Waals surface area contributed by atoms with Crippen LogP contribution in [0.1, 0.15) is 81.2 Å². The van der Waals surface area contributed by atoms with Crippen LogP contribution >= 0.6 is 0 Å². The topological polar surface area (TPSA) is 35.5 Å². The molecule has 3 nitrogen and oxygen atoms in total. The number of benzene rings is 2. The van der Waals surface area contributed by atoms with Gasteiger partial charge in [-0.05, 0) is 67.0 Å². The molecule has 2 aromatic rings. The van der Waals surface area contributed by atoms with Crippen LogP contribution in [0.2, 0.25) is 0 Å². The third kappa shape index (κ3) is 6.14. The molecule has 2 aromatic carbocycles. The van der Waals surface area contributed by atoms with Crippen molar-refractivity contribution in [2.24, 2.45) is 0 Å². The molecule has 0 fully saturated rings. The maximum Gasteiger partial charge on any atom is 0.310 e. The summed E-state index contributed by atoms with van der Waals surface area (Å²) in [6, 6.07) is 12.3. The Bertz CT molecular complexity index is 958. The lowest BCUT2D eigenvalue weighted by molar-refractivity contribution is -0.142. The minimum atomic E-state index is -0.197. The van der Waals surface area contributed by atoms with Gasteiger partial charge in [0.15, 0.2) is 0 Å². The zero-order valence-corrected chi connectivity index (χ0v) is 19.3. The number of hydrogen-bond acceptors (Lipinski definition) is 3. The summed E-state index contributed by atoms with van der Waals surface area (Å²) in [5.41, 5.74) is 5.62. The fourth-order valence-corrected chi connectivity index (χ4v) is 3.93. The molecule has 3 rings (SSSR count). The Kier molecular flexibility index (Phi) is 7.80. The Morgan fingerprint density at radius 1 is 1.10 bits per heavy atom. The van der Waals surface area contributed by atoms with Crippen LogP contribution in [0.25, 0.3) is 0 Å². The molecule has 1 heterocycles. The van der Waals surface area contributed by atoms with Crippen LogP contribution in [0, 0.1) is 11.8 Å². The lowest BCUT2D eigenvalue weighted by Crippen LogP contribution is -2.27. The van der Waals surface area contributed by atoms with Crippen LogP contribution in [0.15, 0.2) is 36.4 Å². The zero-order valence-electron chi connectivity index (χ0n) is 19.3. The minimum Gasteiger partial charge on any atom is -0.493 e. The van der Waals surface area contributed by atoms with Crippen molar-refractivity contribution in [3.8, 4) is 17.6 Å². The van der Waals surface area contributed by atoms with Crippen molar-refractivity contribution in [1.82, 2.24) is 0 Å². The Balaban J connectivity index is 1.86. The highest BCUT2D eigenvalue weighted by molar-refractivity contribution is 5.72. The van der Waals surface area contributed by atoms with E-state index in [0.29, 0.717) is 13.0 Å². The lowest BCUT2D eigenvalue weighted by atomic mass is 9.78. The molecule has 0 unspecified atom stereocenters. The van der Waals surface area contributed by atoms with Crippen molar-refractivity contribution < 1.29 is 14.3 Å². The second-order valence-electron chi connectivity index (χ2n) is 8.87. The standard InChI is InChI=1S/C28H34O3/c1-5-7-8-9-23-20-26-25(28(3,4)16-17-31-26)19-24(23)15-14-21-10-12-22(13-11-21)18-27(29)30-6-2/h10-13,19-20H,5-9,16-18H2,1-4H3. The van der Waals surface area contributed by atoms with Crippen molar-refractivity contribution in [2.45, 2.75) is 71.6 Å². The van der Waals surface area contributed by atoms with Gasteiger partial charge in [0, 0.05) is 16.7 Å². The van der Waals surface area contributed by atoms with Crippen LogP contribution in [0.3, 0.4) is 0 Å². The fourth-order valence-electron chi connectivity index (χ4n) is 3.93. The fraction of sp³-hybridized carbons (Fsp3) is 0.464. The number of aryl methyl sites for hydroxylation is 1. The van der Waals surface area contributed by atoms with Gasteiger partial charge < -0.3 is 9.47 Å². The highest BCUT2D eigenvalue weighted by Gasteiger charge is 2.29. The Morgan fingerprint density at radius 3 is 2.58 bits per heavy atom. The number of fused-ring (bicyclic) bond motifs is 1. The van der Waals surface area contributed by atoms with E-state index >= 15 is 0 Å². The van der Waals surface area contributed by atoms with Crippen molar-refractivity contribution in [1.29, 1.82) is 0 Å². The number of hydrogen-bond donors (Lipinski definition) is 0. The van der Waals surface area contributed by atoms with E-state index in [4.69, 9.17) is 9.47 Å². The first-order valence-corrected chi connectivity index (χ1v) is 11.5. The quantitative estimate of drug-likeness (QED) is 0.315. The Morgan fingerprint density at radius 2 is 1.87 bits per heavy atom. The van der Waals surface area contributed by atoms with Gasteiger partial charge in [0.05, 0.1) is 19.6 Å². The predicted octanol–water partition coefficient (Wildman–Crippen LogP) is 5.98. The smallest absolute Gasteiger partial charge is 0.310 e. The van der Waals surface area contributed by atoms with Crippen LogP contribution in [-0.4, -0.2) is 19.2 Å². The predicted molar refractivity (Wildman–Crippen MR) is 126 cm³/mol. The summed E-state index contributed by atoms with van der Waals surface area (Å²) in [4.78, 5) is 11.7. The number of carbonyl (C=O) groups excluding carboxylic acids is 1. The highest BCUT2D eigenvalue weighted by atomic mass is 16.5. The van der Waals surface area contributed by atoms with Gasteiger partial charge in [-0.3, -0.25) is 4.79 Å². The SMILES string of the molecule is CCCCCc1cc2c(cc1C#Cc1ccc(CC(=O)OCC)cc1)C(C)(C)CCO2. The summed E-state index contributed by atoms with van der Waals surface area (Å²) in [5, 5.41) is 0. The molecule has 0 amide bonds. The van der Waals surface area contributed by atoms with Crippen molar-refractivity contribution in [2.75, 3.05) is 13.2 Å². The normalized spacial score (nSPS) is 14.1. The van der Waals surface area contributed by atoms with Gasteiger partial charge >= 0.3 is 5.97 Å². The molecule has 0 aliphatic carbocycles. The molecule has 0 aromatic heterocycles. The molecule has 3 heteroatoms. The Hall–Kier alpha value is -2.73. The van der Waals surface area contributed by atoms with Crippen LogP contribution in [0.4, 0.5) is 0 Å². The van der Waals surface area contributed by atoms with E-state index in [-0.39, 0.29) is 11.4 Å². The Labute approximate surface area is 187 Å². The molecule has 0 N–H and O–H groups in total. The zero-order chi connectivity index (χ0) is 22.3. The molecule has 31 heavy (non-hydrogen) atoms. The van der Waals surface area contributed by atoms with Crippen LogP contribution in [-0.2, 0) is 27.8 Å². The van der Waals surface area contributed by atoms with E-state index in [1.807, 2.05) is 31.2 Å². The number of rotatable bonds is 7. The third-order valence-electron chi connectivity index (χ3n) is 5.92. The second kappa shape index (κ2) is 10.5. The molecular formula is C28H34O3. The summed E-state index contributed by atoms with van der Waals surface area (Å²) in [6.07, 6.45) is 5.92. The minimum absolute atomic E-state index is 0.0979. The molecule has 0 saturated heterocycles. The molecule has 0 atom stereocenters. The molecule has 1 aliphatic rings. The van der Waals surface area contributed by atoms with E-state index < -0.39 is 0 Å². The number of carbonyl (C=O) groups is 1. The van der Waals surface area contributed by atoms with Gasteiger partial charge in [-0.1, -0.05) is 57.6 Å². The maximum atomic E-state index is 11.7. The average Bonchev–Trinajstić information content (AvgIpc) is 2.73. The van der Waals surface area contributed by atoms with Crippen LogP contribution in [0.5, 0.6) is 5.75 Å². The molecule has 0 radical (unpaired) electrons. The summed E-state index contributed by atoms with van der Waals surface area (Å²) in [7, 11) is 0. The van der Waals surface area contributed by atoms with Gasteiger partial charge in [-0.15, -0.1) is 0 Å². The molecule has 0 saturated carbocycles. The van der Waals surface area contributed by atoms with E-state index in [1.54, 1.807) is 0 Å². The maximum absolute atomic E-state index is 11.7. The van der Waals surface area contributed by atoms with Gasteiger partial charge in [0.25, 0.3) is 0 Å². The summed E-state index contributed by atoms with van der Waals surface area (Å²) in [6.45, 7) is 9.80. The number of unbranched alkanes of at least 4 members (excludes halogenated alkanes) is 2. The van der Waals surface area contributed by atoms with Gasteiger partial charge in [0.1, 0.15) is 5.75 Å². The van der Waals surface area contributed by atoms with E-state index in [0.717, 1.165) is 48.3 Å². The molecule has 0 spiro atoms. The highest BCUT2D eigenvalue weighted by Crippen LogP contribution is 2.40. The summed E-state index contributed by atoms with van der Waals surface area (Å²) >= 11 is 0. The number of esters is 1. The molecule has 164 valence electrons. The van der Waals surface area contributed by atoms with Crippen LogP contribution < -0.4 is 4.74 Å². The third-order valence-corrected chi connectivity index (χ3v) is 5.92. The summed E-state index contributed by atoms with van der Waals surface area (Å²) < 4.78 is 11.0. The van der Waals surface area contributed by atoms with E-state index in [9.17, 15) is 4.79 Å². The first kappa shape index (κ1) is 22.9. The van der Waals surface area contributed by atoms with Crippen molar-refractivity contribution >= 4 is 5.97 Å². The van der Waals surface area contributed by atoms with E-state index in [2.05, 4.69) is 44.7 Å². The molecular weight excluding hydrogens is 384 g/mol. The lowest BCUT2D eigenvalue weighted by Gasteiger charge is -2.33. The average molecular weight is 419 g/mol. The van der Waals surface area contributed by atoms with Gasteiger partial charge in [0.2, 0.25) is 0 Å². The van der Waals surface area contributed by atoms with Gasteiger partial charge in [-0.25, -0.2) is 0 Å². The second-order valence-corrected chi connectivity index (χ2v) is 8.87. The monoisotopic (exact) mass is 418 g/mol. The summed E-state index contributed by atoms with van der Waals surface area (Å²) in [5.74, 6) is 7.58. The largest absolute Gasteiger partial charge is 0.493 e. The number of ether oxygens (including phenoxy) is 2. The van der Waals surface area contributed by atoms with Gasteiger partial charge in [-0.2, -0.15) is 0 Å². The molecule has 1 aliphatic heterocycles. The molecule has 0 bridgehead atoms. The first-order chi connectivity index (χ1) is 14.9. The first-order valence-electron chi connectivity index (χ1n) is 11.5. The van der Waals surface area contributed by atoms with Crippen molar-refractivity contribution in [3.63, 3.8) is 0 Å².